The molecular formula is C18H19N3O2. The highest BCUT2D eigenvalue weighted by molar-refractivity contribution is 5.81. The van der Waals surface area contributed by atoms with Crippen LogP contribution >= 0.6 is 0 Å². The van der Waals surface area contributed by atoms with Crippen LogP contribution in [0, 0.1) is 0 Å². The van der Waals surface area contributed by atoms with E-state index in [4.69, 9.17) is 20.2 Å². The molecule has 0 saturated heterocycles. The number of benzene rings is 2. The van der Waals surface area contributed by atoms with Gasteiger partial charge in [0.15, 0.2) is 11.5 Å². The maximum Gasteiger partial charge on any atom is 0.231 e. The molecule has 4 rings (SSSR count). The maximum absolute atomic E-state index is 5.78. The lowest BCUT2D eigenvalue weighted by molar-refractivity contribution is 0.174. The van der Waals surface area contributed by atoms with Crippen molar-refractivity contribution in [2.24, 2.45) is 0 Å². The number of fused-ring (bicyclic) bond motifs is 2. The van der Waals surface area contributed by atoms with Crippen LogP contribution in [0.25, 0.3) is 11.0 Å². The van der Waals surface area contributed by atoms with Gasteiger partial charge in [0.25, 0.3) is 0 Å². The molecule has 1 aromatic heterocycles. The van der Waals surface area contributed by atoms with E-state index in [1.165, 1.54) is 5.56 Å². The summed E-state index contributed by atoms with van der Waals surface area (Å²) in [5.41, 5.74) is 9.75. The van der Waals surface area contributed by atoms with E-state index >= 15 is 0 Å². The molecule has 2 N–H and O–H groups in total. The second kappa shape index (κ2) is 5.19. The first-order valence-corrected chi connectivity index (χ1v) is 7.76. The third-order valence-corrected chi connectivity index (χ3v) is 4.11. The summed E-state index contributed by atoms with van der Waals surface area (Å²) in [5.74, 6) is 2.93. The molecule has 1 aliphatic heterocycles. The van der Waals surface area contributed by atoms with Gasteiger partial charge in [0, 0.05) is 30.3 Å². The molecule has 0 bridgehead atoms. The number of aromatic nitrogens is 2. The molecule has 3 aromatic rings. The standard InChI is InChI=1S/C18H19N3O2/c1-11(2)18-20-14-7-16-17(23-10-22-16)8-15(14)21(18)9-12-3-5-13(19)6-4-12/h3-8,11H,9-10,19H2,1-2H3. The zero-order valence-electron chi connectivity index (χ0n) is 13.2. The fourth-order valence-corrected chi connectivity index (χ4v) is 2.95. The van der Waals surface area contributed by atoms with Crippen LogP contribution < -0.4 is 15.2 Å². The Balaban J connectivity index is 1.85. The van der Waals surface area contributed by atoms with Gasteiger partial charge in [-0.15, -0.1) is 0 Å². The van der Waals surface area contributed by atoms with Crippen LogP contribution in [-0.4, -0.2) is 16.3 Å². The van der Waals surface area contributed by atoms with Crippen molar-refractivity contribution in [1.82, 2.24) is 9.55 Å². The molecule has 0 amide bonds. The molecule has 0 spiro atoms. The first-order valence-electron chi connectivity index (χ1n) is 7.76. The summed E-state index contributed by atoms with van der Waals surface area (Å²) in [6.07, 6.45) is 0. The molecule has 0 aliphatic carbocycles. The molecule has 1 aliphatic rings. The number of ether oxygens (including phenoxy) is 2. The van der Waals surface area contributed by atoms with E-state index in [9.17, 15) is 0 Å². The molecule has 0 radical (unpaired) electrons. The van der Waals surface area contributed by atoms with Crippen LogP contribution in [0.4, 0.5) is 5.69 Å². The zero-order valence-corrected chi connectivity index (χ0v) is 13.2. The fraction of sp³-hybridized carbons (Fsp3) is 0.278. The molecule has 0 fully saturated rings. The third-order valence-electron chi connectivity index (χ3n) is 4.11. The first kappa shape index (κ1) is 13.9. The van der Waals surface area contributed by atoms with Crippen molar-refractivity contribution in [1.29, 1.82) is 0 Å². The molecule has 0 unspecified atom stereocenters. The van der Waals surface area contributed by atoms with Crippen molar-refractivity contribution in [2.75, 3.05) is 12.5 Å². The van der Waals surface area contributed by atoms with Gasteiger partial charge in [-0.25, -0.2) is 4.98 Å². The summed E-state index contributed by atoms with van der Waals surface area (Å²) in [4.78, 5) is 4.81. The molecule has 2 heterocycles. The van der Waals surface area contributed by atoms with E-state index in [2.05, 4.69) is 30.5 Å². The van der Waals surface area contributed by atoms with E-state index in [1.807, 2.05) is 24.3 Å². The average molecular weight is 309 g/mol. The van der Waals surface area contributed by atoms with E-state index in [-0.39, 0.29) is 6.79 Å². The number of anilines is 1. The van der Waals surface area contributed by atoms with E-state index < -0.39 is 0 Å². The quantitative estimate of drug-likeness (QED) is 0.752. The summed E-state index contributed by atoms with van der Waals surface area (Å²) in [7, 11) is 0. The molecular weight excluding hydrogens is 290 g/mol. The maximum atomic E-state index is 5.78. The predicted octanol–water partition coefficient (Wildman–Crippen LogP) is 3.52. The molecule has 0 atom stereocenters. The van der Waals surface area contributed by atoms with Gasteiger partial charge >= 0.3 is 0 Å². The number of nitrogen functional groups attached to an aromatic ring is 1. The minimum atomic E-state index is 0.275. The predicted molar refractivity (Wildman–Crippen MR) is 89.9 cm³/mol. The molecule has 5 heteroatoms. The summed E-state index contributed by atoms with van der Waals surface area (Å²) in [6.45, 7) is 5.34. The van der Waals surface area contributed by atoms with Crippen LogP contribution in [0.3, 0.4) is 0 Å². The first-order chi connectivity index (χ1) is 11.1. The van der Waals surface area contributed by atoms with Crippen LogP contribution in [0.5, 0.6) is 11.5 Å². The Hall–Kier alpha value is -2.69. The second-order valence-corrected chi connectivity index (χ2v) is 6.15. The highest BCUT2D eigenvalue weighted by Crippen LogP contribution is 2.37. The normalized spacial score (nSPS) is 13.2. The monoisotopic (exact) mass is 309 g/mol. The van der Waals surface area contributed by atoms with Gasteiger partial charge in [-0.3, -0.25) is 0 Å². The lowest BCUT2D eigenvalue weighted by atomic mass is 10.1. The minimum absolute atomic E-state index is 0.275. The smallest absolute Gasteiger partial charge is 0.231 e. The lowest BCUT2D eigenvalue weighted by Crippen LogP contribution is -2.06. The fourth-order valence-electron chi connectivity index (χ4n) is 2.95. The number of nitrogens with zero attached hydrogens (tertiary/aromatic N) is 2. The number of rotatable bonds is 3. The number of imidazole rings is 1. The van der Waals surface area contributed by atoms with Gasteiger partial charge in [0.2, 0.25) is 6.79 Å². The van der Waals surface area contributed by atoms with Crippen molar-refractivity contribution >= 4 is 16.7 Å². The molecule has 2 aromatic carbocycles. The zero-order chi connectivity index (χ0) is 16.0. The Bertz CT molecular complexity index is 866. The number of hydrogen-bond donors (Lipinski definition) is 1. The van der Waals surface area contributed by atoms with Gasteiger partial charge in [-0.1, -0.05) is 26.0 Å². The van der Waals surface area contributed by atoms with Gasteiger partial charge in [-0.05, 0) is 17.7 Å². The van der Waals surface area contributed by atoms with E-state index in [0.29, 0.717) is 5.92 Å². The van der Waals surface area contributed by atoms with Crippen molar-refractivity contribution in [2.45, 2.75) is 26.3 Å². The van der Waals surface area contributed by atoms with Gasteiger partial charge in [0.05, 0.1) is 11.0 Å². The Kier molecular flexibility index (Phi) is 3.15. The summed E-state index contributed by atoms with van der Waals surface area (Å²) >= 11 is 0. The third kappa shape index (κ3) is 2.38. The Labute approximate surface area is 134 Å². The topological polar surface area (TPSA) is 62.3 Å². The summed E-state index contributed by atoms with van der Waals surface area (Å²) in [5, 5.41) is 0. The Morgan fingerprint density at radius 1 is 1.13 bits per heavy atom. The van der Waals surface area contributed by atoms with E-state index in [0.717, 1.165) is 40.6 Å². The molecule has 23 heavy (non-hydrogen) atoms. The van der Waals surface area contributed by atoms with Crippen LogP contribution in [0.2, 0.25) is 0 Å². The molecule has 0 saturated carbocycles. The van der Waals surface area contributed by atoms with Gasteiger partial charge < -0.3 is 19.8 Å². The van der Waals surface area contributed by atoms with Crippen LogP contribution in [0.1, 0.15) is 31.2 Å². The lowest BCUT2D eigenvalue weighted by Gasteiger charge is -2.12. The SMILES string of the molecule is CC(C)c1nc2cc3c(cc2n1Cc1ccc(N)cc1)OCO3. The second-order valence-electron chi connectivity index (χ2n) is 6.15. The Morgan fingerprint density at radius 2 is 1.83 bits per heavy atom. The Morgan fingerprint density at radius 3 is 2.52 bits per heavy atom. The summed E-state index contributed by atoms with van der Waals surface area (Å²) in [6, 6.07) is 11.9. The van der Waals surface area contributed by atoms with Crippen molar-refractivity contribution in [3.05, 3.63) is 47.8 Å². The number of nitrogens with two attached hydrogens (primary N) is 1. The molecule has 5 nitrogen and oxygen atoms in total. The van der Waals surface area contributed by atoms with Crippen molar-refractivity contribution in [3.63, 3.8) is 0 Å². The molecule has 118 valence electrons. The average Bonchev–Trinajstić information content (AvgIpc) is 3.11. The largest absolute Gasteiger partial charge is 0.454 e. The van der Waals surface area contributed by atoms with Crippen molar-refractivity contribution in [3.8, 4) is 11.5 Å². The van der Waals surface area contributed by atoms with Crippen molar-refractivity contribution < 1.29 is 9.47 Å². The minimum Gasteiger partial charge on any atom is -0.454 e. The summed E-state index contributed by atoms with van der Waals surface area (Å²) < 4.78 is 13.2. The van der Waals surface area contributed by atoms with Gasteiger partial charge in [-0.2, -0.15) is 0 Å². The van der Waals surface area contributed by atoms with Gasteiger partial charge in [0.1, 0.15) is 5.82 Å². The highest BCUT2D eigenvalue weighted by Gasteiger charge is 2.20. The number of hydrogen-bond acceptors (Lipinski definition) is 4. The van der Waals surface area contributed by atoms with Crippen LogP contribution in [-0.2, 0) is 6.54 Å². The van der Waals surface area contributed by atoms with Crippen LogP contribution in [0.15, 0.2) is 36.4 Å². The van der Waals surface area contributed by atoms with E-state index in [1.54, 1.807) is 0 Å². The highest BCUT2D eigenvalue weighted by atomic mass is 16.7.